The van der Waals surface area contributed by atoms with E-state index in [9.17, 15) is 9.90 Å². The minimum atomic E-state index is -0.321. The molecule has 5 nitrogen and oxygen atoms in total. The quantitative estimate of drug-likeness (QED) is 0.571. The molecular weight excluding hydrogens is 374 g/mol. The molecular formula is C25H23N3O2. The molecule has 0 radical (unpaired) electrons. The molecule has 0 spiro atoms. The average Bonchev–Trinajstić information content (AvgIpc) is 3.45. The van der Waals surface area contributed by atoms with Gasteiger partial charge in [0.2, 0.25) is 0 Å². The van der Waals surface area contributed by atoms with E-state index < -0.39 is 0 Å². The van der Waals surface area contributed by atoms with Crippen molar-refractivity contribution in [3.05, 3.63) is 82.9 Å². The van der Waals surface area contributed by atoms with Crippen molar-refractivity contribution in [3.8, 4) is 0 Å². The van der Waals surface area contributed by atoms with Gasteiger partial charge in [-0.05, 0) is 42.5 Å². The third kappa shape index (κ3) is 2.81. The molecule has 0 unspecified atom stereocenters. The van der Waals surface area contributed by atoms with Crippen LogP contribution in [0.5, 0.6) is 0 Å². The lowest BCUT2D eigenvalue weighted by atomic mass is 10.1. The van der Waals surface area contributed by atoms with E-state index >= 15 is 0 Å². The number of para-hydroxylation sites is 1. The largest absolute Gasteiger partial charge is 0.391 e. The number of aliphatic hydroxyl groups is 1. The normalized spacial score (nSPS) is 23.4. The van der Waals surface area contributed by atoms with Gasteiger partial charge in [0, 0.05) is 42.3 Å². The predicted octanol–water partition coefficient (Wildman–Crippen LogP) is 3.85. The fourth-order valence-electron chi connectivity index (χ4n) is 4.87. The van der Waals surface area contributed by atoms with Crippen LogP contribution in [0.2, 0.25) is 0 Å². The molecule has 1 aliphatic carbocycles. The van der Waals surface area contributed by atoms with Gasteiger partial charge < -0.3 is 14.6 Å². The molecule has 4 aromatic rings. The fraction of sp³-hybridized carbons (Fsp3) is 0.280. The second-order valence-corrected chi connectivity index (χ2v) is 8.50. The molecule has 2 aliphatic rings. The van der Waals surface area contributed by atoms with Crippen LogP contribution in [0.3, 0.4) is 0 Å². The summed E-state index contributed by atoms with van der Waals surface area (Å²) in [5, 5.41) is 12.8. The third-order valence-corrected chi connectivity index (χ3v) is 6.56. The van der Waals surface area contributed by atoms with Crippen molar-refractivity contribution in [1.82, 2.24) is 9.55 Å². The first-order valence-electron chi connectivity index (χ1n) is 10.6. The Morgan fingerprint density at radius 1 is 0.967 bits per heavy atom. The van der Waals surface area contributed by atoms with Crippen LogP contribution < -0.4 is 10.5 Å². The minimum Gasteiger partial charge on any atom is -0.391 e. The maximum atomic E-state index is 13.5. The Morgan fingerprint density at radius 2 is 1.83 bits per heavy atom. The Hall–Kier alpha value is -3.18. The standard InChI is InChI=1S/C25H23N3O2/c29-18-11-12-27(15-18)22-7-3-5-17-10-13-28(25(30)24(17)22)23-14-19(23)21-9-8-16-4-1-2-6-20(16)26-21/h1-10,13,18-19,23,29H,11-12,14-15H2/t18-,19+,23+/m0/s1. The minimum absolute atomic E-state index is 0.0535. The van der Waals surface area contributed by atoms with E-state index in [4.69, 9.17) is 4.98 Å². The summed E-state index contributed by atoms with van der Waals surface area (Å²) in [6.45, 7) is 1.36. The van der Waals surface area contributed by atoms with Crippen LogP contribution in [-0.4, -0.2) is 33.9 Å². The lowest BCUT2D eigenvalue weighted by Gasteiger charge is -2.20. The molecule has 1 aliphatic heterocycles. The number of hydrogen-bond donors (Lipinski definition) is 1. The smallest absolute Gasteiger partial charge is 0.260 e. The number of fused-ring (bicyclic) bond motifs is 2. The van der Waals surface area contributed by atoms with Crippen LogP contribution in [0.15, 0.2) is 71.7 Å². The van der Waals surface area contributed by atoms with E-state index in [1.807, 2.05) is 53.2 Å². The second-order valence-electron chi connectivity index (χ2n) is 8.50. The summed E-state index contributed by atoms with van der Waals surface area (Å²) < 4.78 is 1.89. The highest BCUT2D eigenvalue weighted by Gasteiger charge is 2.42. The molecule has 150 valence electrons. The first-order chi connectivity index (χ1) is 14.7. The summed E-state index contributed by atoms with van der Waals surface area (Å²) in [5.74, 6) is 0.269. The Kier molecular flexibility index (Phi) is 3.93. The molecule has 3 heterocycles. The zero-order valence-electron chi connectivity index (χ0n) is 16.6. The van der Waals surface area contributed by atoms with Crippen molar-refractivity contribution in [2.24, 2.45) is 0 Å². The van der Waals surface area contributed by atoms with E-state index in [1.165, 1.54) is 0 Å². The lowest BCUT2D eigenvalue weighted by molar-refractivity contribution is 0.198. The molecule has 30 heavy (non-hydrogen) atoms. The van der Waals surface area contributed by atoms with Crippen molar-refractivity contribution in [3.63, 3.8) is 0 Å². The number of anilines is 1. The van der Waals surface area contributed by atoms with Crippen molar-refractivity contribution in [2.75, 3.05) is 18.0 Å². The molecule has 1 saturated carbocycles. The number of pyridine rings is 2. The predicted molar refractivity (Wildman–Crippen MR) is 119 cm³/mol. The summed E-state index contributed by atoms with van der Waals surface area (Å²) in [7, 11) is 0. The van der Waals surface area contributed by atoms with Gasteiger partial charge in [-0.15, -0.1) is 0 Å². The molecule has 2 aromatic carbocycles. The molecule has 1 saturated heterocycles. The molecule has 0 bridgehead atoms. The molecule has 3 atom stereocenters. The van der Waals surface area contributed by atoms with Crippen LogP contribution in [0.4, 0.5) is 5.69 Å². The maximum Gasteiger partial charge on any atom is 0.260 e. The van der Waals surface area contributed by atoms with Gasteiger partial charge in [0.05, 0.1) is 22.7 Å². The molecule has 6 rings (SSSR count). The third-order valence-electron chi connectivity index (χ3n) is 6.56. The molecule has 0 amide bonds. The zero-order chi connectivity index (χ0) is 20.2. The van der Waals surface area contributed by atoms with Crippen LogP contribution in [0, 0.1) is 0 Å². The van der Waals surface area contributed by atoms with Gasteiger partial charge >= 0.3 is 0 Å². The molecule has 1 N–H and O–H groups in total. The van der Waals surface area contributed by atoms with Crippen molar-refractivity contribution in [1.29, 1.82) is 0 Å². The maximum absolute atomic E-state index is 13.5. The van der Waals surface area contributed by atoms with E-state index in [2.05, 4.69) is 23.1 Å². The van der Waals surface area contributed by atoms with Gasteiger partial charge in [-0.2, -0.15) is 0 Å². The first kappa shape index (κ1) is 17.7. The number of benzene rings is 2. The lowest BCUT2D eigenvalue weighted by Crippen LogP contribution is -2.25. The number of rotatable bonds is 3. The van der Waals surface area contributed by atoms with Crippen molar-refractivity contribution >= 4 is 27.4 Å². The summed E-state index contributed by atoms with van der Waals surface area (Å²) >= 11 is 0. The summed E-state index contributed by atoms with van der Waals surface area (Å²) in [6, 6.07) is 20.5. The van der Waals surface area contributed by atoms with Gasteiger partial charge in [0.1, 0.15) is 0 Å². The van der Waals surface area contributed by atoms with Gasteiger partial charge in [0.25, 0.3) is 5.56 Å². The Labute approximate surface area is 174 Å². The number of aliphatic hydroxyl groups excluding tert-OH is 1. The highest BCUT2D eigenvalue weighted by Crippen LogP contribution is 2.50. The van der Waals surface area contributed by atoms with Gasteiger partial charge in [-0.3, -0.25) is 9.78 Å². The Bertz CT molecular complexity index is 1330. The topological polar surface area (TPSA) is 58.4 Å². The molecule has 5 heteroatoms. The highest BCUT2D eigenvalue weighted by molar-refractivity contribution is 5.93. The van der Waals surface area contributed by atoms with Crippen LogP contribution in [0.1, 0.15) is 30.5 Å². The zero-order valence-corrected chi connectivity index (χ0v) is 16.6. The first-order valence-corrected chi connectivity index (χ1v) is 10.6. The van der Waals surface area contributed by atoms with E-state index in [0.717, 1.165) is 52.4 Å². The van der Waals surface area contributed by atoms with Gasteiger partial charge in [-0.25, -0.2) is 0 Å². The SMILES string of the molecule is O=c1c2c(N3CC[C@H](O)C3)cccc2ccn1[C@@H]1C[C@@H]1c1ccc2ccccc2n1. The number of nitrogens with zero attached hydrogens (tertiary/aromatic N) is 3. The van der Waals surface area contributed by atoms with Crippen molar-refractivity contribution < 1.29 is 5.11 Å². The summed E-state index contributed by atoms with van der Waals surface area (Å²) in [5.41, 5.74) is 3.05. The molecule has 2 fully saturated rings. The average molecular weight is 397 g/mol. The number of β-amino-alcohol motifs (C(OH)–C–C–N with tert-alkyl or cyclic N) is 1. The number of aromatic nitrogens is 2. The van der Waals surface area contributed by atoms with Crippen LogP contribution >= 0.6 is 0 Å². The van der Waals surface area contributed by atoms with E-state index in [-0.39, 0.29) is 23.6 Å². The highest BCUT2D eigenvalue weighted by atomic mass is 16.3. The monoisotopic (exact) mass is 397 g/mol. The number of hydrogen-bond acceptors (Lipinski definition) is 4. The van der Waals surface area contributed by atoms with Crippen LogP contribution in [-0.2, 0) is 0 Å². The fourth-order valence-corrected chi connectivity index (χ4v) is 4.87. The van der Waals surface area contributed by atoms with E-state index in [0.29, 0.717) is 6.54 Å². The van der Waals surface area contributed by atoms with Crippen LogP contribution in [0.25, 0.3) is 21.7 Å². The summed E-state index contributed by atoms with van der Waals surface area (Å²) in [6.07, 6.45) is 3.29. The second kappa shape index (κ2) is 6.67. The Balaban J connectivity index is 1.39. The summed E-state index contributed by atoms with van der Waals surface area (Å²) in [4.78, 5) is 20.5. The Morgan fingerprint density at radius 3 is 2.70 bits per heavy atom. The van der Waals surface area contributed by atoms with Gasteiger partial charge in [-0.1, -0.05) is 36.4 Å². The molecule has 2 aromatic heterocycles. The van der Waals surface area contributed by atoms with E-state index in [1.54, 1.807) is 0 Å². The van der Waals surface area contributed by atoms with Gasteiger partial charge in [0.15, 0.2) is 0 Å². The van der Waals surface area contributed by atoms with Crippen molar-refractivity contribution in [2.45, 2.75) is 30.9 Å².